The number of aryl methyl sites for hydroxylation is 1. The molecule has 0 unspecified atom stereocenters. The van der Waals surface area contributed by atoms with Crippen molar-refractivity contribution in [1.82, 2.24) is 4.90 Å². The summed E-state index contributed by atoms with van der Waals surface area (Å²) in [7, 11) is 5.36. The Labute approximate surface area is 151 Å². The third-order valence-corrected chi connectivity index (χ3v) is 5.94. The molecule has 25 heavy (non-hydrogen) atoms. The Morgan fingerprint density at radius 3 is 2.72 bits per heavy atom. The molecule has 2 aliphatic rings. The molecule has 140 valence electrons. The molecule has 0 spiro atoms. The first-order chi connectivity index (χ1) is 12.1. The SMILES string of the molecule is COc1cc(C)ccc1OCCN1CC[C@]2(OC)CC[C@@H](OC)C[C@H]12. The molecule has 1 saturated carbocycles. The van der Waals surface area contributed by atoms with Gasteiger partial charge in [0.15, 0.2) is 11.5 Å². The van der Waals surface area contributed by atoms with E-state index in [1.165, 1.54) is 5.56 Å². The molecule has 1 heterocycles. The van der Waals surface area contributed by atoms with Crippen molar-refractivity contribution < 1.29 is 18.9 Å². The lowest BCUT2D eigenvalue weighted by Crippen LogP contribution is -2.52. The smallest absolute Gasteiger partial charge is 0.161 e. The van der Waals surface area contributed by atoms with Crippen LogP contribution >= 0.6 is 0 Å². The van der Waals surface area contributed by atoms with E-state index in [0.717, 1.165) is 50.3 Å². The third-order valence-electron chi connectivity index (χ3n) is 5.94. The zero-order valence-electron chi connectivity index (χ0n) is 15.9. The van der Waals surface area contributed by atoms with Crippen LogP contribution in [0.25, 0.3) is 0 Å². The van der Waals surface area contributed by atoms with Crippen LogP contribution in [0.3, 0.4) is 0 Å². The summed E-state index contributed by atoms with van der Waals surface area (Å²) in [5, 5.41) is 0. The number of benzene rings is 1. The van der Waals surface area contributed by atoms with Crippen molar-refractivity contribution in [2.45, 2.75) is 50.4 Å². The van der Waals surface area contributed by atoms with Crippen LogP contribution in [0.15, 0.2) is 18.2 Å². The van der Waals surface area contributed by atoms with Crippen LogP contribution in [-0.2, 0) is 9.47 Å². The van der Waals surface area contributed by atoms with Crippen molar-refractivity contribution in [3.63, 3.8) is 0 Å². The van der Waals surface area contributed by atoms with Crippen LogP contribution in [0.4, 0.5) is 0 Å². The Hall–Kier alpha value is -1.30. The zero-order chi connectivity index (χ0) is 17.9. The lowest BCUT2D eigenvalue weighted by molar-refractivity contribution is -0.0944. The van der Waals surface area contributed by atoms with E-state index >= 15 is 0 Å². The Morgan fingerprint density at radius 1 is 1.16 bits per heavy atom. The minimum absolute atomic E-state index is 0.00339. The fourth-order valence-corrected chi connectivity index (χ4v) is 4.40. The number of hydrogen-bond donors (Lipinski definition) is 0. The molecule has 1 aliphatic carbocycles. The molecule has 5 heteroatoms. The predicted octanol–water partition coefficient (Wildman–Crippen LogP) is 3.04. The minimum Gasteiger partial charge on any atom is -0.493 e. The molecule has 1 aromatic carbocycles. The van der Waals surface area contributed by atoms with Gasteiger partial charge in [0.25, 0.3) is 0 Å². The number of ether oxygens (including phenoxy) is 4. The average Bonchev–Trinajstić information content (AvgIpc) is 3.01. The molecule has 5 nitrogen and oxygen atoms in total. The Balaban J connectivity index is 1.60. The van der Waals surface area contributed by atoms with E-state index in [4.69, 9.17) is 18.9 Å². The van der Waals surface area contributed by atoms with Crippen molar-refractivity contribution in [1.29, 1.82) is 0 Å². The van der Waals surface area contributed by atoms with Crippen LogP contribution in [0, 0.1) is 6.92 Å². The summed E-state index contributed by atoms with van der Waals surface area (Å²) in [5.41, 5.74) is 1.16. The summed E-state index contributed by atoms with van der Waals surface area (Å²) in [6, 6.07) is 6.46. The fourth-order valence-electron chi connectivity index (χ4n) is 4.40. The topological polar surface area (TPSA) is 40.2 Å². The first-order valence-electron chi connectivity index (χ1n) is 9.21. The van der Waals surface area contributed by atoms with Gasteiger partial charge in [-0.1, -0.05) is 6.07 Å². The maximum atomic E-state index is 6.01. The molecule has 3 rings (SSSR count). The molecule has 0 radical (unpaired) electrons. The highest BCUT2D eigenvalue weighted by atomic mass is 16.5. The molecule has 2 fully saturated rings. The largest absolute Gasteiger partial charge is 0.493 e. The Morgan fingerprint density at radius 2 is 2.00 bits per heavy atom. The molecule has 1 aliphatic heterocycles. The van der Waals surface area contributed by atoms with Crippen LogP contribution < -0.4 is 9.47 Å². The number of rotatable bonds is 7. The monoisotopic (exact) mass is 349 g/mol. The molecule has 0 bridgehead atoms. The van der Waals surface area contributed by atoms with Gasteiger partial charge < -0.3 is 18.9 Å². The van der Waals surface area contributed by atoms with Crippen molar-refractivity contribution in [2.24, 2.45) is 0 Å². The Bertz CT molecular complexity index is 579. The second kappa shape index (κ2) is 7.94. The van der Waals surface area contributed by atoms with Crippen molar-refractivity contribution in [2.75, 3.05) is 41.0 Å². The number of hydrogen-bond acceptors (Lipinski definition) is 5. The molecule has 0 N–H and O–H groups in total. The van der Waals surface area contributed by atoms with Gasteiger partial charge >= 0.3 is 0 Å². The van der Waals surface area contributed by atoms with E-state index in [0.29, 0.717) is 18.8 Å². The van der Waals surface area contributed by atoms with E-state index < -0.39 is 0 Å². The number of methoxy groups -OCH3 is 3. The molecular formula is C20H31NO4. The summed E-state index contributed by atoms with van der Waals surface area (Å²) < 4.78 is 23.0. The van der Waals surface area contributed by atoms with E-state index in [-0.39, 0.29) is 5.60 Å². The highest BCUT2D eigenvalue weighted by Crippen LogP contribution is 2.42. The van der Waals surface area contributed by atoms with E-state index in [1.54, 1.807) is 7.11 Å². The zero-order valence-corrected chi connectivity index (χ0v) is 15.9. The number of likely N-dealkylation sites (tertiary alicyclic amines) is 1. The molecule has 1 saturated heterocycles. The van der Waals surface area contributed by atoms with Gasteiger partial charge in [0, 0.05) is 33.4 Å². The highest BCUT2D eigenvalue weighted by Gasteiger charge is 2.50. The maximum Gasteiger partial charge on any atom is 0.161 e. The second-order valence-electron chi connectivity index (χ2n) is 7.21. The van der Waals surface area contributed by atoms with Gasteiger partial charge in [-0.25, -0.2) is 0 Å². The van der Waals surface area contributed by atoms with Crippen LogP contribution in [0.5, 0.6) is 11.5 Å². The molecule has 0 amide bonds. The molecular weight excluding hydrogens is 318 g/mol. The highest BCUT2D eigenvalue weighted by molar-refractivity contribution is 5.42. The minimum atomic E-state index is -0.00339. The van der Waals surface area contributed by atoms with Crippen molar-refractivity contribution >= 4 is 0 Å². The van der Waals surface area contributed by atoms with E-state index in [1.807, 2.05) is 32.4 Å². The molecule has 0 aromatic heterocycles. The van der Waals surface area contributed by atoms with Gasteiger partial charge in [-0.2, -0.15) is 0 Å². The maximum absolute atomic E-state index is 6.01. The van der Waals surface area contributed by atoms with Crippen LogP contribution in [0.2, 0.25) is 0 Å². The fraction of sp³-hybridized carbons (Fsp3) is 0.700. The van der Waals surface area contributed by atoms with E-state index in [2.05, 4.69) is 11.8 Å². The lowest BCUT2D eigenvalue weighted by atomic mass is 9.79. The van der Waals surface area contributed by atoms with Gasteiger partial charge in [-0.3, -0.25) is 4.90 Å². The van der Waals surface area contributed by atoms with Crippen LogP contribution in [-0.4, -0.2) is 63.7 Å². The lowest BCUT2D eigenvalue weighted by Gasteiger charge is -2.43. The normalized spacial score (nSPS) is 29.4. The first kappa shape index (κ1) is 18.5. The quantitative estimate of drug-likeness (QED) is 0.757. The third kappa shape index (κ3) is 3.78. The molecule has 1 aromatic rings. The first-order valence-corrected chi connectivity index (χ1v) is 9.21. The van der Waals surface area contributed by atoms with Gasteiger partial charge in [-0.05, 0) is 50.3 Å². The standard InChI is InChI=1S/C20H31NO4/c1-15-5-6-17(18(13-15)23-3)25-12-11-21-10-9-20(24-4)8-7-16(22-2)14-19(20)21/h5-6,13,16,19H,7-12,14H2,1-4H3/t16-,19+,20-/m1/s1. The van der Waals surface area contributed by atoms with Crippen molar-refractivity contribution in [3.8, 4) is 11.5 Å². The summed E-state index contributed by atoms with van der Waals surface area (Å²) in [4.78, 5) is 2.51. The summed E-state index contributed by atoms with van der Waals surface area (Å²) >= 11 is 0. The Kier molecular flexibility index (Phi) is 5.87. The van der Waals surface area contributed by atoms with E-state index in [9.17, 15) is 0 Å². The second-order valence-corrected chi connectivity index (χ2v) is 7.21. The van der Waals surface area contributed by atoms with Gasteiger partial charge in [0.05, 0.1) is 18.8 Å². The van der Waals surface area contributed by atoms with Gasteiger partial charge in [0.2, 0.25) is 0 Å². The number of fused-ring (bicyclic) bond motifs is 1. The van der Waals surface area contributed by atoms with Gasteiger partial charge in [-0.15, -0.1) is 0 Å². The number of nitrogens with zero attached hydrogens (tertiary/aromatic N) is 1. The average molecular weight is 349 g/mol. The van der Waals surface area contributed by atoms with Crippen LogP contribution in [0.1, 0.15) is 31.2 Å². The summed E-state index contributed by atoms with van der Waals surface area (Å²) in [5.74, 6) is 1.61. The summed E-state index contributed by atoms with van der Waals surface area (Å²) in [6.45, 7) is 4.65. The predicted molar refractivity (Wildman–Crippen MR) is 97.6 cm³/mol. The summed E-state index contributed by atoms with van der Waals surface area (Å²) in [6.07, 6.45) is 4.64. The van der Waals surface area contributed by atoms with Gasteiger partial charge in [0.1, 0.15) is 6.61 Å². The molecule has 3 atom stereocenters. The van der Waals surface area contributed by atoms with Crippen molar-refractivity contribution in [3.05, 3.63) is 23.8 Å².